The number of benzene rings is 1. The lowest BCUT2D eigenvalue weighted by atomic mass is 10.1. The van der Waals surface area contributed by atoms with Crippen molar-refractivity contribution in [3.05, 3.63) is 35.4 Å². The van der Waals surface area contributed by atoms with E-state index in [0.717, 1.165) is 0 Å². The zero-order valence-electron chi connectivity index (χ0n) is 8.71. The Hall–Kier alpha value is -1.51. The summed E-state index contributed by atoms with van der Waals surface area (Å²) in [5.41, 5.74) is 0.108. The number of hydrogen-bond donors (Lipinski definition) is 2. The Labute approximate surface area is 103 Å². The Morgan fingerprint density at radius 1 is 1.29 bits per heavy atom. The molecule has 6 nitrogen and oxygen atoms in total. The molecule has 0 saturated carbocycles. The van der Waals surface area contributed by atoms with Crippen molar-refractivity contribution in [3.8, 4) is 0 Å². The zero-order valence-corrected chi connectivity index (χ0v) is 10.3. The lowest BCUT2D eigenvalue weighted by Gasteiger charge is -2.06. The summed E-state index contributed by atoms with van der Waals surface area (Å²) in [6.45, 7) is 0. The Balaban J connectivity index is 2.88. The predicted molar refractivity (Wildman–Crippen MR) is 63.4 cm³/mol. The molecule has 0 spiro atoms. The summed E-state index contributed by atoms with van der Waals surface area (Å²) in [4.78, 5) is 22.0. The van der Waals surface area contributed by atoms with E-state index in [0.29, 0.717) is 0 Å². The number of carbonyl (C=O) groups is 2. The second-order valence-electron chi connectivity index (χ2n) is 2.91. The van der Waals surface area contributed by atoms with E-state index in [4.69, 9.17) is 5.11 Å². The normalized spacial score (nSPS) is 13.7. The van der Waals surface area contributed by atoms with Crippen molar-refractivity contribution < 1.29 is 23.1 Å². The molecule has 1 unspecified atom stereocenters. The van der Waals surface area contributed by atoms with Crippen LogP contribution in [0.15, 0.2) is 24.3 Å². The molecule has 0 heterocycles. The Morgan fingerprint density at radius 2 is 1.76 bits per heavy atom. The minimum atomic E-state index is -3.28. The maximum atomic E-state index is 11.4. The molecule has 17 heavy (non-hydrogen) atoms. The molecular weight excluding hydrogens is 266 g/mol. The van der Waals surface area contributed by atoms with Crippen LogP contribution in [0.25, 0.3) is 0 Å². The van der Waals surface area contributed by atoms with Crippen molar-refractivity contribution >= 4 is 32.1 Å². The largest absolute Gasteiger partial charge is 0.478 e. The molecule has 1 aromatic carbocycles. The number of rotatable bonds is 4. The van der Waals surface area contributed by atoms with Crippen LogP contribution >= 0.6 is 0 Å². The summed E-state index contributed by atoms with van der Waals surface area (Å²) in [5, 5.41) is 8.65. The smallest absolute Gasteiger partial charge is 0.353 e. The Bertz CT molecular complexity index is 535. The second-order valence-corrected chi connectivity index (χ2v) is 5.71. The van der Waals surface area contributed by atoms with Gasteiger partial charge in [-0.3, -0.25) is 0 Å². The van der Waals surface area contributed by atoms with Gasteiger partial charge in [0, 0.05) is 11.2 Å². The van der Waals surface area contributed by atoms with Gasteiger partial charge in [-0.1, -0.05) is 0 Å². The van der Waals surface area contributed by atoms with Crippen LogP contribution in [0.1, 0.15) is 20.7 Å². The SMILES string of the molecule is CNS(=O)(=S)OC(=O)c1ccc(C(=O)O)cc1. The van der Waals surface area contributed by atoms with Crippen LogP contribution in [-0.4, -0.2) is 28.3 Å². The molecule has 2 N–H and O–H groups in total. The van der Waals surface area contributed by atoms with Gasteiger partial charge in [0.25, 0.3) is 8.96 Å². The summed E-state index contributed by atoms with van der Waals surface area (Å²) in [7, 11) is -1.97. The summed E-state index contributed by atoms with van der Waals surface area (Å²) in [5.74, 6) is -1.98. The molecule has 0 aliphatic carbocycles. The maximum Gasteiger partial charge on any atom is 0.353 e. The Kier molecular flexibility index (Phi) is 4.16. The first-order valence-electron chi connectivity index (χ1n) is 4.36. The number of carboxylic acid groups (broad SMARTS) is 1. The monoisotopic (exact) mass is 275 g/mol. The predicted octanol–water partition coefficient (Wildman–Crippen LogP) is 0.337. The van der Waals surface area contributed by atoms with Crippen molar-refractivity contribution in [1.29, 1.82) is 0 Å². The number of carbonyl (C=O) groups excluding carboxylic acids is 1. The number of carboxylic acids is 1. The molecule has 1 aromatic rings. The van der Waals surface area contributed by atoms with E-state index in [9.17, 15) is 13.8 Å². The van der Waals surface area contributed by atoms with Crippen molar-refractivity contribution in [2.45, 2.75) is 0 Å². The molecule has 92 valence electrons. The van der Waals surface area contributed by atoms with Gasteiger partial charge in [-0.25, -0.2) is 14.3 Å². The minimum absolute atomic E-state index is 0.0364. The average molecular weight is 275 g/mol. The fourth-order valence-electron chi connectivity index (χ4n) is 0.938. The highest BCUT2D eigenvalue weighted by atomic mass is 32.8. The summed E-state index contributed by atoms with van der Waals surface area (Å²) in [6.07, 6.45) is 0. The van der Waals surface area contributed by atoms with Crippen LogP contribution in [0.5, 0.6) is 0 Å². The number of nitrogens with one attached hydrogen (secondary N) is 1. The van der Waals surface area contributed by atoms with E-state index in [1.54, 1.807) is 0 Å². The highest BCUT2D eigenvalue weighted by Crippen LogP contribution is 2.07. The summed E-state index contributed by atoms with van der Waals surface area (Å²) >= 11 is 4.47. The van der Waals surface area contributed by atoms with Crippen molar-refractivity contribution in [1.82, 2.24) is 4.72 Å². The van der Waals surface area contributed by atoms with E-state index in [1.807, 2.05) is 0 Å². The van der Waals surface area contributed by atoms with Crippen molar-refractivity contribution in [2.75, 3.05) is 7.05 Å². The van der Waals surface area contributed by atoms with Gasteiger partial charge in [0.2, 0.25) is 0 Å². The molecule has 1 atom stereocenters. The molecule has 0 radical (unpaired) electrons. The summed E-state index contributed by atoms with van der Waals surface area (Å²) in [6, 6.07) is 4.99. The van der Waals surface area contributed by atoms with Gasteiger partial charge in [-0.2, -0.15) is 4.21 Å². The maximum absolute atomic E-state index is 11.4. The quantitative estimate of drug-likeness (QED) is 0.823. The molecule has 8 heteroatoms. The van der Waals surface area contributed by atoms with Gasteiger partial charge in [0.05, 0.1) is 11.1 Å². The van der Waals surface area contributed by atoms with Crippen LogP contribution in [-0.2, 0) is 24.3 Å². The van der Waals surface area contributed by atoms with Crippen LogP contribution in [0.3, 0.4) is 0 Å². The first-order valence-corrected chi connectivity index (χ1v) is 6.77. The van der Waals surface area contributed by atoms with Crippen LogP contribution in [0.2, 0.25) is 0 Å². The Morgan fingerprint density at radius 3 is 2.18 bits per heavy atom. The van der Waals surface area contributed by atoms with Gasteiger partial charge in [-0.15, -0.1) is 0 Å². The fraction of sp³-hybridized carbons (Fsp3) is 0.111. The second kappa shape index (κ2) is 5.21. The third kappa shape index (κ3) is 3.77. The lowest BCUT2D eigenvalue weighted by Crippen LogP contribution is -2.23. The van der Waals surface area contributed by atoms with E-state index in [-0.39, 0.29) is 11.1 Å². The van der Waals surface area contributed by atoms with Gasteiger partial charge in [-0.05, 0) is 31.3 Å². The molecular formula is C9H9NO5S2. The van der Waals surface area contributed by atoms with E-state index < -0.39 is 20.9 Å². The molecule has 0 aromatic heterocycles. The molecule has 0 saturated heterocycles. The van der Waals surface area contributed by atoms with E-state index in [2.05, 4.69) is 20.1 Å². The van der Waals surface area contributed by atoms with Crippen LogP contribution in [0, 0.1) is 0 Å². The third-order valence-corrected chi connectivity index (χ3v) is 3.38. The standard InChI is InChI=1S/C9H9NO5S2/c1-10-17(14,16)15-9(13)7-4-2-6(3-5-7)8(11)12/h2-5,10H,1H3,(H,11,12). The van der Waals surface area contributed by atoms with Crippen LogP contribution < -0.4 is 4.72 Å². The highest BCUT2D eigenvalue weighted by molar-refractivity contribution is 8.29. The van der Waals surface area contributed by atoms with E-state index >= 15 is 0 Å². The lowest BCUT2D eigenvalue weighted by molar-refractivity contribution is 0.0693. The van der Waals surface area contributed by atoms with Crippen LogP contribution in [0.4, 0.5) is 0 Å². The van der Waals surface area contributed by atoms with Crippen molar-refractivity contribution in [3.63, 3.8) is 0 Å². The third-order valence-electron chi connectivity index (χ3n) is 1.80. The van der Waals surface area contributed by atoms with Gasteiger partial charge >= 0.3 is 11.9 Å². The number of hydrogen-bond acceptors (Lipinski definition) is 5. The molecule has 0 amide bonds. The first kappa shape index (κ1) is 13.6. The molecule has 0 bridgehead atoms. The highest BCUT2D eigenvalue weighted by Gasteiger charge is 2.14. The van der Waals surface area contributed by atoms with Gasteiger partial charge < -0.3 is 9.29 Å². The average Bonchev–Trinajstić information content (AvgIpc) is 2.28. The van der Waals surface area contributed by atoms with Crippen molar-refractivity contribution in [2.24, 2.45) is 0 Å². The molecule has 0 aliphatic rings. The van der Waals surface area contributed by atoms with Gasteiger partial charge in [0.15, 0.2) is 0 Å². The minimum Gasteiger partial charge on any atom is -0.478 e. The molecule has 0 fully saturated rings. The topological polar surface area (TPSA) is 92.7 Å². The number of aromatic carboxylic acids is 1. The van der Waals surface area contributed by atoms with Gasteiger partial charge in [0.1, 0.15) is 0 Å². The summed E-state index contributed by atoms with van der Waals surface area (Å²) < 4.78 is 18.0. The fourth-order valence-corrected chi connectivity index (χ4v) is 1.50. The molecule has 1 rings (SSSR count). The first-order chi connectivity index (χ1) is 7.85. The van der Waals surface area contributed by atoms with E-state index in [1.165, 1.54) is 31.3 Å². The molecule has 0 aliphatic heterocycles. The zero-order chi connectivity index (χ0) is 13.1.